The Bertz CT molecular complexity index is 395. The minimum atomic E-state index is 0.00886. The predicted octanol–water partition coefficient (Wildman–Crippen LogP) is 1.55. The number of anilines is 1. The molecular formula is C11H15BrN4O. The summed E-state index contributed by atoms with van der Waals surface area (Å²) < 4.78 is 0.649. The molecule has 1 amide bonds. The van der Waals surface area contributed by atoms with Crippen molar-refractivity contribution in [1.29, 1.82) is 0 Å². The van der Waals surface area contributed by atoms with E-state index in [0.717, 1.165) is 19.3 Å². The molecule has 0 radical (unpaired) electrons. The van der Waals surface area contributed by atoms with Crippen molar-refractivity contribution in [1.82, 2.24) is 9.97 Å². The van der Waals surface area contributed by atoms with Crippen LogP contribution in [0.3, 0.4) is 0 Å². The first kappa shape index (κ1) is 12.4. The summed E-state index contributed by atoms with van der Waals surface area (Å²) in [6.45, 7) is 0.574. The van der Waals surface area contributed by atoms with Crippen LogP contribution in [0.15, 0.2) is 17.0 Å². The van der Waals surface area contributed by atoms with E-state index in [0.29, 0.717) is 22.9 Å². The van der Waals surface area contributed by atoms with E-state index in [1.165, 1.54) is 6.20 Å². The zero-order valence-electron chi connectivity index (χ0n) is 9.40. The molecular weight excluding hydrogens is 284 g/mol. The third kappa shape index (κ3) is 3.01. The fraction of sp³-hybridized carbons (Fsp3) is 0.545. The largest absolute Gasteiger partial charge is 0.330 e. The van der Waals surface area contributed by atoms with Crippen molar-refractivity contribution >= 4 is 27.7 Å². The van der Waals surface area contributed by atoms with Crippen LogP contribution in [0.1, 0.15) is 19.3 Å². The van der Waals surface area contributed by atoms with Gasteiger partial charge in [-0.15, -0.1) is 0 Å². The first-order chi connectivity index (χ1) is 8.20. The highest BCUT2D eigenvalue weighted by Crippen LogP contribution is 2.31. The van der Waals surface area contributed by atoms with Crippen molar-refractivity contribution in [2.24, 2.45) is 17.6 Å². The van der Waals surface area contributed by atoms with Crippen molar-refractivity contribution in [3.63, 3.8) is 0 Å². The summed E-state index contributed by atoms with van der Waals surface area (Å²) in [5, 5.41) is 2.79. The Morgan fingerprint density at radius 1 is 1.47 bits per heavy atom. The Kier molecular flexibility index (Phi) is 4.06. The molecule has 6 heteroatoms. The molecule has 1 aliphatic rings. The van der Waals surface area contributed by atoms with Crippen LogP contribution in [-0.4, -0.2) is 22.4 Å². The van der Waals surface area contributed by atoms with Crippen LogP contribution in [0.5, 0.6) is 0 Å². The molecule has 2 atom stereocenters. The minimum absolute atomic E-state index is 0.00886. The molecule has 1 saturated carbocycles. The summed E-state index contributed by atoms with van der Waals surface area (Å²) in [5.41, 5.74) is 5.66. The molecule has 2 rings (SSSR count). The third-order valence-corrected chi connectivity index (χ3v) is 3.58. The molecule has 5 nitrogen and oxygen atoms in total. The number of nitrogens with two attached hydrogens (primary N) is 1. The Balaban J connectivity index is 1.99. The van der Waals surface area contributed by atoms with Gasteiger partial charge in [0.1, 0.15) is 4.60 Å². The fourth-order valence-corrected chi connectivity index (χ4v) is 2.46. The SMILES string of the molecule is NCC1CCCC1C(=O)Nc1cnc(Br)cn1. The molecule has 92 valence electrons. The Morgan fingerprint density at radius 3 is 2.94 bits per heavy atom. The topological polar surface area (TPSA) is 80.9 Å². The van der Waals surface area contributed by atoms with E-state index in [1.54, 1.807) is 6.20 Å². The van der Waals surface area contributed by atoms with Crippen LogP contribution in [0.4, 0.5) is 5.82 Å². The standard InChI is InChI=1S/C11H15BrN4O/c12-9-5-15-10(6-14-9)16-11(17)8-3-1-2-7(8)4-13/h5-8H,1-4,13H2,(H,15,16,17). The van der Waals surface area contributed by atoms with E-state index in [9.17, 15) is 4.79 Å². The molecule has 1 heterocycles. The van der Waals surface area contributed by atoms with Crippen molar-refractivity contribution in [3.8, 4) is 0 Å². The Morgan fingerprint density at radius 2 is 2.29 bits per heavy atom. The smallest absolute Gasteiger partial charge is 0.229 e. The van der Waals surface area contributed by atoms with Crippen LogP contribution in [0.2, 0.25) is 0 Å². The summed E-state index contributed by atoms with van der Waals surface area (Å²) in [6, 6.07) is 0. The lowest BCUT2D eigenvalue weighted by molar-refractivity contribution is -0.120. The number of hydrogen-bond acceptors (Lipinski definition) is 4. The summed E-state index contributed by atoms with van der Waals surface area (Å²) in [4.78, 5) is 20.1. The van der Waals surface area contributed by atoms with Gasteiger partial charge in [0.2, 0.25) is 5.91 Å². The maximum absolute atomic E-state index is 12.0. The molecule has 0 spiro atoms. The van der Waals surface area contributed by atoms with Crippen molar-refractivity contribution in [3.05, 3.63) is 17.0 Å². The quantitative estimate of drug-likeness (QED) is 0.887. The van der Waals surface area contributed by atoms with Crippen molar-refractivity contribution < 1.29 is 4.79 Å². The summed E-state index contributed by atoms with van der Waals surface area (Å²) >= 11 is 3.20. The zero-order valence-corrected chi connectivity index (χ0v) is 11.0. The van der Waals surface area contributed by atoms with Gasteiger partial charge in [0, 0.05) is 5.92 Å². The molecule has 0 bridgehead atoms. The summed E-state index contributed by atoms with van der Waals surface area (Å²) in [5.74, 6) is 0.819. The third-order valence-electron chi connectivity index (χ3n) is 3.17. The first-order valence-corrected chi connectivity index (χ1v) is 6.48. The second kappa shape index (κ2) is 5.55. The number of amides is 1. The second-order valence-corrected chi connectivity index (χ2v) is 5.06. The maximum Gasteiger partial charge on any atom is 0.229 e. The van der Waals surface area contributed by atoms with Gasteiger partial charge in [-0.25, -0.2) is 9.97 Å². The van der Waals surface area contributed by atoms with Gasteiger partial charge in [-0.1, -0.05) is 6.42 Å². The number of nitrogens with one attached hydrogen (secondary N) is 1. The van der Waals surface area contributed by atoms with Crippen LogP contribution in [0, 0.1) is 11.8 Å². The monoisotopic (exact) mass is 298 g/mol. The van der Waals surface area contributed by atoms with E-state index in [-0.39, 0.29) is 11.8 Å². The van der Waals surface area contributed by atoms with E-state index < -0.39 is 0 Å². The number of aromatic nitrogens is 2. The Hall–Kier alpha value is -1.01. The normalized spacial score (nSPS) is 23.6. The molecule has 1 fully saturated rings. The molecule has 2 unspecified atom stereocenters. The van der Waals surface area contributed by atoms with Gasteiger partial charge in [-0.2, -0.15) is 0 Å². The Labute approximate surface area is 108 Å². The minimum Gasteiger partial charge on any atom is -0.330 e. The molecule has 0 aliphatic heterocycles. The van der Waals surface area contributed by atoms with E-state index >= 15 is 0 Å². The highest BCUT2D eigenvalue weighted by molar-refractivity contribution is 9.10. The number of hydrogen-bond donors (Lipinski definition) is 2. The van der Waals surface area contributed by atoms with Crippen LogP contribution in [0.25, 0.3) is 0 Å². The van der Waals surface area contributed by atoms with Gasteiger partial charge in [0.05, 0.1) is 12.4 Å². The van der Waals surface area contributed by atoms with E-state index in [2.05, 4.69) is 31.2 Å². The summed E-state index contributed by atoms with van der Waals surface area (Å²) in [7, 11) is 0. The fourth-order valence-electron chi connectivity index (χ4n) is 2.26. The maximum atomic E-state index is 12.0. The molecule has 0 saturated heterocycles. The molecule has 1 aromatic heterocycles. The van der Waals surface area contributed by atoms with Gasteiger partial charge in [-0.3, -0.25) is 4.79 Å². The van der Waals surface area contributed by atoms with Gasteiger partial charge < -0.3 is 11.1 Å². The number of carbonyl (C=O) groups is 1. The van der Waals surface area contributed by atoms with Gasteiger partial charge >= 0.3 is 0 Å². The van der Waals surface area contributed by atoms with Crippen molar-refractivity contribution in [2.75, 3.05) is 11.9 Å². The predicted molar refractivity (Wildman–Crippen MR) is 68.2 cm³/mol. The second-order valence-electron chi connectivity index (χ2n) is 4.25. The van der Waals surface area contributed by atoms with E-state index in [4.69, 9.17) is 5.73 Å². The lowest BCUT2D eigenvalue weighted by Gasteiger charge is -2.16. The number of rotatable bonds is 3. The van der Waals surface area contributed by atoms with Crippen molar-refractivity contribution in [2.45, 2.75) is 19.3 Å². The van der Waals surface area contributed by atoms with Gasteiger partial charge in [0.25, 0.3) is 0 Å². The van der Waals surface area contributed by atoms with Gasteiger partial charge in [-0.05, 0) is 41.2 Å². The van der Waals surface area contributed by atoms with Gasteiger partial charge in [0.15, 0.2) is 5.82 Å². The number of halogens is 1. The molecule has 17 heavy (non-hydrogen) atoms. The highest BCUT2D eigenvalue weighted by Gasteiger charge is 2.31. The molecule has 3 N–H and O–H groups in total. The zero-order chi connectivity index (χ0) is 12.3. The average Bonchev–Trinajstić information content (AvgIpc) is 2.80. The summed E-state index contributed by atoms with van der Waals surface area (Å²) in [6.07, 6.45) is 6.13. The average molecular weight is 299 g/mol. The van der Waals surface area contributed by atoms with E-state index in [1.807, 2.05) is 0 Å². The van der Waals surface area contributed by atoms with Crippen LogP contribution < -0.4 is 11.1 Å². The highest BCUT2D eigenvalue weighted by atomic mass is 79.9. The van der Waals surface area contributed by atoms with Crippen LogP contribution in [-0.2, 0) is 4.79 Å². The first-order valence-electron chi connectivity index (χ1n) is 5.69. The molecule has 0 aromatic carbocycles. The number of carbonyl (C=O) groups excluding carboxylic acids is 1. The molecule has 1 aromatic rings. The number of nitrogens with zero attached hydrogens (tertiary/aromatic N) is 2. The van der Waals surface area contributed by atoms with Crippen LogP contribution >= 0.6 is 15.9 Å². The molecule has 1 aliphatic carbocycles. The lowest BCUT2D eigenvalue weighted by Crippen LogP contribution is -2.30. The lowest BCUT2D eigenvalue weighted by atomic mass is 9.95.